The summed E-state index contributed by atoms with van der Waals surface area (Å²) in [7, 11) is 0. The van der Waals surface area contributed by atoms with Gasteiger partial charge in [0.25, 0.3) is 0 Å². The zero-order valence-corrected chi connectivity index (χ0v) is 11.9. The van der Waals surface area contributed by atoms with Crippen LogP contribution in [0.1, 0.15) is 18.4 Å². The molecule has 0 unspecified atom stereocenters. The number of nitrogens with one attached hydrogen (secondary N) is 1. The number of carbonyl (C=O) groups excluding carboxylic acids is 1. The minimum absolute atomic E-state index is 0.0829. The van der Waals surface area contributed by atoms with Crippen molar-refractivity contribution in [2.75, 3.05) is 30.4 Å². The molecule has 0 aromatic heterocycles. The molecule has 0 spiro atoms. The summed E-state index contributed by atoms with van der Waals surface area (Å²) in [5, 5.41) is 11.5. The molecule has 19 heavy (non-hydrogen) atoms. The number of rotatable bonds is 9. The number of nitrogen functional groups attached to an aromatic ring is 1. The zero-order chi connectivity index (χ0) is 13.9. The van der Waals surface area contributed by atoms with Crippen LogP contribution < -0.4 is 11.1 Å². The highest BCUT2D eigenvalue weighted by Gasteiger charge is 2.01. The number of hydrogen-bond donors (Lipinski definition) is 3. The largest absolute Gasteiger partial charge is 0.399 e. The molecule has 4 nitrogen and oxygen atoms in total. The molecule has 0 aliphatic rings. The predicted molar refractivity (Wildman–Crippen MR) is 81.2 cm³/mol. The summed E-state index contributed by atoms with van der Waals surface area (Å²) in [6.45, 7) is 0.928. The highest BCUT2D eigenvalue weighted by Crippen LogP contribution is 2.07. The molecule has 0 heterocycles. The number of carbonyl (C=O) groups is 1. The molecular formula is C14H22N2O2S. The van der Waals surface area contributed by atoms with E-state index >= 15 is 0 Å². The number of hydrogen-bond acceptors (Lipinski definition) is 4. The van der Waals surface area contributed by atoms with Crippen molar-refractivity contribution in [3.05, 3.63) is 29.8 Å². The van der Waals surface area contributed by atoms with E-state index in [1.165, 1.54) is 0 Å². The summed E-state index contributed by atoms with van der Waals surface area (Å²) in [5.41, 5.74) is 7.47. The van der Waals surface area contributed by atoms with Crippen molar-refractivity contribution in [3.63, 3.8) is 0 Å². The van der Waals surface area contributed by atoms with Crippen molar-refractivity contribution in [1.29, 1.82) is 0 Å². The highest BCUT2D eigenvalue weighted by atomic mass is 32.2. The normalized spacial score (nSPS) is 10.4. The summed E-state index contributed by atoms with van der Waals surface area (Å²) in [5.74, 6) is 1.92. The summed E-state index contributed by atoms with van der Waals surface area (Å²) in [6, 6.07) is 7.61. The van der Waals surface area contributed by atoms with Gasteiger partial charge in [0.05, 0.1) is 0 Å². The molecular weight excluding hydrogens is 260 g/mol. The van der Waals surface area contributed by atoms with Crippen LogP contribution in [0.4, 0.5) is 5.69 Å². The maximum absolute atomic E-state index is 11.6. The molecule has 0 saturated heterocycles. The van der Waals surface area contributed by atoms with Gasteiger partial charge in [-0.1, -0.05) is 12.1 Å². The fourth-order valence-electron chi connectivity index (χ4n) is 1.56. The van der Waals surface area contributed by atoms with Crippen LogP contribution in [0, 0.1) is 0 Å². The summed E-state index contributed by atoms with van der Waals surface area (Å²) >= 11 is 1.75. The van der Waals surface area contributed by atoms with Crippen LogP contribution in [0.3, 0.4) is 0 Å². The van der Waals surface area contributed by atoms with Crippen LogP contribution in [0.25, 0.3) is 0 Å². The van der Waals surface area contributed by atoms with Crippen LogP contribution in [-0.4, -0.2) is 35.7 Å². The van der Waals surface area contributed by atoms with E-state index < -0.39 is 0 Å². The molecule has 0 aliphatic carbocycles. The number of anilines is 1. The van der Waals surface area contributed by atoms with Crippen LogP contribution in [0.15, 0.2) is 24.3 Å². The lowest BCUT2D eigenvalue weighted by Gasteiger charge is -2.05. The van der Waals surface area contributed by atoms with E-state index in [1.54, 1.807) is 11.8 Å². The van der Waals surface area contributed by atoms with E-state index in [1.807, 2.05) is 24.3 Å². The summed E-state index contributed by atoms with van der Waals surface area (Å²) in [4.78, 5) is 11.6. The lowest BCUT2D eigenvalue weighted by atomic mass is 10.1. The zero-order valence-electron chi connectivity index (χ0n) is 11.1. The maximum atomic E-state index is 11.6. The maximum Gasteiger partial charge on any atom is 0.220 e. The minimum Gasteiger partial charge on any atom is -0.399 e. The van der Waals surface area contributed by atoms with Crippen molar-refractivity contribution >= 4 is 23.4 Å². The third-order valence-electron chi connectivity index (χ3n) is 2.64. The number of aliphatic hydroxyl groups is 1. The molecule has 1 rings (SSSR count). The summed E-state index contributed by atoms with van der Waals surface area (Å²) in [6.07, 6.45) is 2.06. The Bertz CT molecular complexity index is 368. The number of benzene rings is 1. The second-order valence-corrected chi connectivity index (χ2v) is 5.51. The predicted octanol–water partition coefficient (Wildman–Crippen LogP) is 1.43. The smallest absolute Gasteiger partial charge is 0.220 e. The van der Waals surface area contributed by atoms with Gasteiger partial charge in [-0.15, -0.1) is 0 Å². The number of nitrogens with two attached hydrogens (primary N) is 1. The van der Waals surface area contributed by atoms with Crippen LogP contribution in [0.5, 0.6) is 0 Å². The van der Waals surface area contributed by atoms with Crippen molar-refractivity contribution in [2.24, 2.45) is 0 Å². The van der Waals surface area contributed by atoms with Gasteiger partial charge in [0, 0.05) is 31.0 Å². The first-order chi connectivity index (χ1) is 9.22. The van der Waals surface area contributed by atoms with Gasteiger partial charge < -0.3 is 16.2 Å². The molecule has 0 saturated carbocycles. The van der Waals surface area contributed by atoms with Crippen molar-refractivity contribution in [1.82, 2.24) is 5.32 Å². The Morgan fingerprint density at radius 1 is 1.26 bits per heavy atom. The average molecular weight is 282 g/mol. The lowest BCUT2D eigenvalue weighted by molar-refractivity contribution is -0.120. The molecule has 1 aromatic carbocycles. The lowest BCUT2D eigenvalue weighted by Crippen LogP contribution is -2.26. The van der Waals surface area contributed by atoms with Gasteiger partial charge in [0.1, 0.15) is 0 Å². The second kappa shape index (κ2) is 9.69. The van der Waals surface area contributed by atoms with E-state index in [-0.39, 0.29) is 12.5 Å². The number of thioether (sulfide) groups is 1. The van der Waals surface area contributed by atoms with Crippen molar-refractivity contribution < 1.29 is 9.90 Å². The van der Waals surface area contributed by atoms with E-state index in [9.17, 15) is 4.79 Å². The molecule has 4 N–H and O–H groups in total. The Balaban J connectivity index is 2.06. The monoisotopic (exact) mass is 282 g/mol. The Kier molecular flexibility index (Phi) is 8.09. The molecule has 0 aliphatic heterocycles. The van der Waals surface area contributed by atoms with Crippen LogP contribution in [0.2, 0.25) is 0 Å². The minimum atomic E-state index is 0.0829. The fraction of sp³-hybridized carbons (Fsp3) is 0.500. The standard InChI is InChI=1S/C14H22N2O2S/c15-13-5-2-12(3-6-13)4-7-14(18)16-8-11-19-10-1-9-17/h2-3,5-6,17H,1,4,7-11,15H2,(H,16,18). The molecule has 1 amide bonds. The second-order valence-electron chi connectivity index (χ2n) is 4.28. The van der Waals surface area contributed by atoms with E-state index in [0.29, 0.717) is 13.0 Å². The SMILES string of the molecule is Nc1ccc(CCC(=O)NCCSCCCO)cc1. The van der Waals surface area contributed by atoms with Gasteiger partial charge in [0.2, 0.25) is 5.91 Å². The van der Waals surface area contributed by atoms with Gasteiger partial charge in [-0.2, -0.15) is 11.8 Å². The number of amides is 1. The third-order valence-corrected chi connectivity index (χ3v) is 3.71. The molecule has 0 atom stereocenters. The fourth-order valence-corrected chi connectivity index (χ4v) is 2.35. The molecule has 0 bridgehead atoms. The first-order valence-electron chi connectivity index (χ1n) is 6.52. The Morgan fingerprint density at radius 2 is 2.00 bits per heavy atom. The van der Waals surface area contributed by atoms with Crippen molar-refractivity contribution in [3.8, 4) is 0 Å². The van der Waals surface area contributed by atoms with Gasteiger partial charge in [-0.05, 0) is 36.3 Å². The van der Waals surface area contributed by atoms with Crippen molar-refractivity contribution in [2.45, 2.75) is 19.3 Å². The van der Waals surface area contributed by atoms with E-state index in [4.69, 9.17) is 10.8 Å². The van der Waals surface area contributed by atoms with Gasteiger partial charge >= 0.3 is 0 Å². The molecule has 5 heteroatoms. The van der Waals surface area contributed by atoms with Gasteiger partial charge in [0.15, 0.2) is 0 Å². The first kappa shape index (κ1) is 15.9. The van der Waals surface area contributed by atoms with E-state index in [0.717, 1.165) is 35.6 Å². The van der Waals surface area contributed by atoms with E-state index in [2.05, 4.69) is 5.32 Å². The Labute approximate surface area is 118 Å². The number of aryl methyl sites for hydroxylation is 1. The Hall–Kier alpha value is -1.20. The number of aliphatic hydroxyl groups excluding tert-OH is 1. The molecule has 1 aromatic rings. The third kappa shape index (κ3) is 7.74. The van der Waals surface area contributed by atoms with Gasteiger partial charge in [-0.25, -0.2) is 0 Å². The molecule has 106 valence electrons. The first-order valence-corrected chi connectivity index (χ1v) is 7.67. The summed E-state index contributed by atoms with van der Waals surface area (Å²) < 4.78 is 0. The van der Waals surface area contributed by atoms with Crippen LogP contribution in [-0.2, 0) is 11.2 Å². The van der Waals surface area contributed by atoms with Gasteiger partial charge in [-0.3, -0.25) is 4.79 Å². The topological polar surface area (TPSA) is 75.4 Å². The average Bonchev–Trinajstić information content (AvgIpc) is 2.42. The Morgan fingerprint density at radius 3 is 2.68 bits per heavy atom. The van der Waals surface area contributed by atoms with Crippen LogP contribution >= 0.6 is 11.8 Å². The highest BCUT2D eigenvalue weighted by molar-refractivity contribution is 7.99. The quantitative estimate of drug-likeness (QED) is 0.473. The molecule has 0 radical (unpaired) electrons. The molecule has 0 fully saturated rings.